The van der Waals surface area contributed by atoms with Crippen molar-refractivity contribution >= 4 is 45.4 Å². The van der Waals surface area contributed by atoms with Gasteiger partial charge in [0.25, 0.3) is 0 Å². The molecular weight excluding hydrogens is 820 g/mol. The molecule has 3 aromatic heterocycles. The molecule has 0 spiro atoms. The maximum Gasteiger partial charge on any atom is 2.00 e. The van der Waals surface area contributed by atoms with E-state index in [9.17, 15) is 0 Å². The monoisotopic (exact) mass is 854 g/mol. The van der Waals surface area contributed by atoms with E-state index in [1.54, 1.807) is 0 Å². The van der Waals surface area contributed by atoms with Gasteiger partial charge in [-0.15, -0.1) is 23.5 Å². The van der Waals surface area contributed by atoms with Gasteiger partial charge in [0.05, 0.1) is 22.4 Å². The summed E-state index contributed by atoms with van der Waals surface area (Å²) in [6.45, 7) is 6.28. The molecule has 9 rings (SSSR count). The molecule has 0 fully saturated rings. The average molecular weight is 855 g/mol. The summed E-state index contributed by atoms with van der Waals surface area (Å²) in [7, 11) is 0. The molecule has 1 aliphatic heterocycles. The van der Waals surface area contributed by atoms with Crippen LogP contribution in [0, 0.1) is 6.07 Å². The second kappa shape index (κ2) is 13.5. The SMILES string of the molecule is CC(C)(C)c1ccnc(-n2c3[c-]c(OC4=CC=CB(c5nc6ccccc6n5-c5ccccc5-c5ccccc5)[N-]4)ccc3c3ccccc32)c1.[Pt+2]. The first kappa shape index (κ1) is 33.5. The first-order valence-corrected chi connectivity index (χ1v) is 17.2. The molecule has 0 N–H and O–H groups in total. The summed E-state index contributed by atoms with van der Waals surface area (Å²) in [5, 5.41) is 7.32. The fraction of sp³-hybridized carbons (Fsp3) is 0.0909. The Bertz CT molecular complexity index is 2650. The largest absolute Gasteiger partial charge is 2.00 e. The van der Waals surface area contributed by atoms with Gasteiger partial charge in [0.1, 0.15) is 12.7 Å². The Morgan fingerprint density at radius 3 is 2.35 bits per heavy atom. The standard InChI is InChI=1S/C44H34BN5O.Pt/c1-44(2,3)31-25-27-46-41(28-31)49-38-20-11-8-17-34(38)35-24-23-32(29-40(35)49)51-42-22-13-26-45(48-42)43-47-36-18-9-12-21-39(36)50(43)37-19-10-7-16-33(37)30-14-5-4-6-15-30;/h4-28H,1-3H3;/q-2;+2. The minimum Gasteiger partial charge on any atom is -0.666 e. The molecule has 6 nitrogen and oxygen atoms in total. The van der Waals surface area contributed by atoms with E-state index in [2.05, 4.69) is 151 Å². The third-order valence-corrected chi connectivity index (χ3v) is 9.49. The number of imidazole rings is 1. The van der Waals surface area contributed by atoms with Gasteiger partial charge in [0.15, 0.2) is 0 Å². The summed E-state index contributed by atoms with van der Waals surface area (Å²) >= 11 is 0. The number of hydrogen-bond acceptors (Lipinski definition) is 3. The zero-order chi connectivity index (χ0) is 34.5. The topological polar surface area (TPSA) is 59.0 Å². The Kier molecular flexibility index (Phi) is 8.68. The molecule has 8 heteroatoms. The number of allylic oxidation sites excluding steroid dienone is 2. The molecule has 0 amide bonds. The van der Waals surface area contributed by atoms with E-state index in [-0.39, 0.29) is 33.3 Å². The van der Waals surface area contributed by atoms with Crippen molar-refractivity contribution in [3.8, 4) is 28.4 Å². The fourth-order valence-corrected chi connectivity index (χ4v) is 6.99. The Balaban J connectivity index is 0.00000387. The molecule has 0 atom stereocenters. The molecule has 0 unspecified atom stereocenters. The summed E-state index contributed by atoms with van der Waals surface area (Å²) < 4.78 is 10.9. The smallest absolute Gasteiger partial charge is 0.666 e. The summed E-state index contributed by atoms with van der Waals surface area (Å²) in [5.41, 5.74) is 9.21. The first-order chi connectivity index (χ1) is 24.9. The molecule has 52 heavy (non-hydrogen) atoms. The van der Waals surface area contributed by atoms with E-state index in [0.29, 0.717) is 11.6 Å². The minimum atomic E-state index is -0.374. The van der Waals surface area contributed by atoms with Crippen LogP contribution in [0.3, 0.4) is 0 Å². The maximum atomic E-state index is 6.51. The van der Waals surface area contributed by atoms with Crippen molar-refractivity contribution in [1.29, 1.82) is 0 Å². The van der Waals surface area contributed by atoms with Crippen molar-refractivity contribution in [3.05, 3.63) is 174 Å². The average Bonchev–Trinajstić information content (AvgIpc) is 3.71. The van der Waals surface area contributed by atoms with E-state index >= 15 is 0 Å². The summed E-state index contributed by atoms with van der Waals surface area (Å²) in [6.07, 6.45) is 5.78. The van der Waals surface area contributed by atoms with Crippen LogP contribution in [0.1, 0.15) is 26.3 Å². The Labute approximate surface area is 317 Å². The van der Waals surface area contributed by atoms with Gasteiger partial charge in [-0.05, 0) is 64.4 Å². The van der Waals surface area contributed by atoms with Gasteiger partial charge in [-0.2, -0.15) is 6.07 Å². The second-order valence-corrected chi connectivity index (χ2v) is 13.8. The van der Waals surface area contributed by atoms with Crippen LogP contribution in [0.5, 0.6) is 5.75 Å². The predicted octanol–water partition coefficient (Wildman–Crippen LogP) is 9.88. The van der Waals surface area contributed by atoms with Gasteiger partial charge in [-0.1, -0.05) is 111 Å². The third-order valence-electron chi connectivity index (χ3n) is 9.49. The van der Waals surface area contributed by atoms with Crippen LogP contribution >= 0.6 is 0 Å². The number of para-hydroxylation sites is 4. The zero-order valence-electron chi connectivity index (χ0n) is 29.0. The number of hydrogen-bond donors (Lipinski definition) is 0. The van der Waals surface area contributed by atoms with Crippen molar-refractivity contribution in [2.45, 2.75) is 26.2 Å². The molecule has 0 aliphatic carbocycles. The van der Waals surface area contributed by atoms with Crippen LogP contribution in [-0.2, 0) is 26.5 Å². The minimum absolute atomic E-state index is 0. The van der Waals surface area contributed by atoms with E-state index in [1.807, 2.05) is 36.5 Å². The van der Waals surface area contributed by atoms with Gasteiger partial charge in [0, 0.05) is 28.9 Å². The maximum absolute atomic E-state index is 6.51. The van der Waals surface area contributed by atoms with Gasteiger partial charge < -0.3 is 19.1 Å². The van der Waals surface area contributed by atoms with Crippen LogP contribution in [0.2, 0.25) is 0 Å². The number of nitrogens with zero attached hydrogens (tertiary/aromatic N) is 5. The van der Waals surface area contributed by atoms with E-state index in [4.69, 9.17) is 19.9 Å². The molecule has 8 aromatic rings. The van der Waals surface area contributed by atoms with E-state index in [0.717, 1.165) is 61.2 Å². The fourth-order valence-electron chi connectivity index (χ4n) is 6.99. The molecular formula is C44H34BN5OPt. The number of benzene rings is 5. The van der Waals surface area contributed by atoms with E-state index in [1.165, 1.54) is 5.56 Å². The van der Waals surface area contributed by atoms with Crippen molar-refractivity contribution in [2.75, 3.05) is 0 Å². The Hall–Kier alpha value is -5.65. The third kappa shape index (κ3) is 5.95. The van der Waals surface area contributed by atoms with Gasteiger partial charge >= 0.3 is 21.1 Å². The first-order valence-electron chi connectivity index (χ1n) is 17.2. The Morgan fingerprint density at radius 1 is 0.750 bits per heavy atom. The van der Waals surface area contributed by atoms with Crippen LogP contribution in [0.4, 0.5) is 0 Å². The number of rotatable bonds is 6. The number of fused-ring (bicyclic) bond motifs is 4. The normalized spacial score (nSPS) is 12.9. The van der Waals surface area contributed by atoms with Crippen molar-refractivity contribution in [1.82, 2.24) is 19.1 Å². The quantitative estimate of drug-likeness (QED) is 0.124. The number of pyridine rings is 1. The van der Waals surface area contributed by atoms with Crippen LogP contribution in [0.15, 0.2) is 158 Å². The second-order valence-electron chi connectivity index (χ2n) is 13.8. The summed E-state index contributed by atoms with van der Waals surface area (Å²) in [5.74, 6) is 3.98. The number of aromatic nitrogens is 4. The van der Waals surface area contributed by atoms with Gasteiger partial charge in [0.2, 0.25) is 0 Å². The van der Waals surface area contributed by atoms with Gasteiger partial charge in [-0.3, -0.25) is 0 Å². The molecule has 254 valence electrons. The van der Waals surface area contributed by atoms with Crippen molar-refractivity contribution < 1.29 is 25.8 Å². The van der Waals surface area contributed by atoms with Crippen molar-refractivity contribution in [2.24, 2.45) is 0 Å². The van der Waals surface area contributed by atoms with E-state index < -0.39 is 0 Å². The molecule has 0 saturated heterocycles. The van der Waals surface area contributed by atoms with Crippen molar-refractivity contribution in [3.63, 3.8) is 0 Å². The molecule has 4 heterocycles. The molecule has 0 radical (unpaired) electrons. The van der Waals surface area contributed by atoms with Gasteiger partial charge in [-0.25, -0.2) is 9.97 Å². The van der Waals surface area contributed by atoms with Crippen LogP contribution in [0.25, 0.3) is 60.7 Å². The zero-order valence-corrected chi connectivity index (χ0v) is 31.2. The molecule has 1 aliphatic rings. The van der Waals surface area contributed by atoms with Crippen LogP contribution < -0.4 is 10.5 Å². The number of ether oxygens (including phenoxy) is 1. The Morgan fingerprint density at radius 2 is 1.50 bits per heavy atom. The molecule has 0 bridgehead atoms. The molecule has 0 saturated carbocycles. The summed E-state index contributed by atoms with van der Waals surface area (Å²) in [6, 6.07) is 47.5. The van der Waals surface area contributed by atoms with Crippen LogP contribution in [-0.4, -0.2) is 25.9 Å². The molecule has 5 aromatic carbocycles. The predicted molar refractivity (Wildman–Crippen MR) is 209 cm³/mol. The summed E-state index contributed by atoms with van der Waals surface area (Å²) in [4.78, 5) is 9.96.